The van der Waals surface area contributed by atoms with E-state index in [9.17, 15) is 13.2 Å². The summed E-state index contributed by atoms with van der Waals surface area (Å²) in [5.74, 6) is 0. The highest BCUT2D eigenvalue weighted by Crippen LogP contribution is 2.37. The topological polar surface area (TPSA) is 33.1 Å². The number of hydrogen-bond acceptors (Lipinski definition) is 3. The summed E-state index contributed by atoms with van der Waals surface area (Å²) >= 11 is 0. The van der Waals surface area contributed by atoms with Gasteiger partial charge < -0.3 is 5.32 Å². The maximum Gasteiger partial charge on any atom is 0.435 e. The third kappa shape index (κ3) is 1.91. The van der Waals surface area contributed by atoms with Gasteiger partial charge >= 0.3 is 6.18 Å². The van der Waals surface area contributed by atoms with Crippen LogP contribution in [0.2, 0.25) is 0 Å². The van der Waals surface area contributed by atoms with E-state index < -0.39 is 11.9 Å². The Morgan fingerprint density at radius 1 is 1.39 bits per heavy atom. The molecule has 1 aromatic heterocycles. The van der Waals surface area contributed by atoms with Crippen molar-refractivity contribution in [1.82, 2.24) is 20.0 Å². The maximum absolute atomic E-state index is 12.8. The first kappa shape index (κ1) is 12.0. The summed E-state index contributed by atoms with van der Waals surface area (Å²) in [7, 11) is 1.52. The van der Waals surface area contributed by atoms with Crippen molar-refractivity contribution in [2.75, 3.05) is 26.2 Å². The average Bonchev–Trinajstić information content (AvgIpc) is 2.48. The summed E-state index contributed by atoms with van der Waals surface area (Å²) in [6.07, 6.45) is -2.90. The summed E-state index contributed by atoms with van der Waals surface area (Å²) in [4.78, 5) is 2.05. The van der Waals surface area contributed by atoms with Crippen LogP contribution >= 0.6 is 0 Å². The van der Waals surface area contributed by atoms with E-state index >= 15 is 0 Å². The molecule has 3 rings (SSSR count). The van der Waals surface area contributed by atoms with Gasteiger partial charge in [-0.25, -0.2) is 0 Å². The highest BCUT2D eigenvalue weighted by Gasteiger charge is 2.48. The van der Waals surface area contributed by atoms with Crippen LogP contribution in [0, 0.1) is 5.41 Å². The summed E-state index contributed by atoms with van der Waals surface area (Å²) < 4.78 is 39.5. The van der Waals surface area contributed by atoms with Crippen molar-refractivity contribution in [3.8, 4) is 0 Å². The smallest absolute Gasteiger partial charge is 0.315 e. The molecule has 18 heavy (non-hydrogen) atoms. The Morgan fingerprint density at radius 2 is 2.06 bits per heavy atom. The first-order valence-corrected chi connectivity index (χ1v) is 5.91. The summed E-state index contributed by atoms with van der Waals surface area (Å²) in [6, 6.07) is 0. The van der Waals surface area contributed by atoms with Crippen LogP contribution in [0.5, 0.6) is 0 Å². The molecule has 0 bridgehead atoms. The highest BCUT2D eigenvalue weighted by molar-refractivity contribution is 5.21. The van der Waals surface area contributed by atoms with Crippen LogP contribution in [0.15, 0.2) is 6.20 Å². The zero-order chi connectivity index (χ0) is 13.0. The Morgan fingerprint density at radius 3 is 2.56 bits per heavy atom. The maximum atomic E-state index is 12.8. The molecular weight excluding hydrogens is 245 g/mol. The van der Waals surface area contributed by atoms with Crippen LogP contribution in [0.3, 0.4) is 0 Å². The zero-order valence-electron chi connectivity index (χ0n) is 10.1. The van der Waals surface area contributed by atoms with Gasteiger partial charge in [0.1, 0.15) is 0 Å². The lowest BCUT2D eigenvalue weighted by Gasteiger charge is -2.56. The van der Waals surface area contributed by atoms with Gasteiger partial charge in [0.05, 0.1) is 0 Å². The molecule has 0 aliphatic carbocycles. The number of aromatic nitrogens is 2. The largest absolute Gasteiger partial charge is 0.435 e. The number of alkyl halides is 3. The van der Waals surface area contributed by atoms with E-state index in [4.69, 9.17) is 0 Å². The van der Waals surface area contributed by atoms with E-state index in [0.29, 0.717) is 12.0 Å². The fraction of sp³-hybridized carbons (Fsp3) is 0.727. The molecule has 2 aliphatic heterocycles. The minimum atomic E-state index is -4.36. The number of likely N-dealkylation sites (tertiary alicyclic amines) is 1. The van der Waals surface area contributed by atoms with E-state index in [1.807, 2.05) is 4.90 Å². The second-order valence-corrected chi connectivity index (χ2v) is 5.42. The van der Waals surface area contributed by atoms with E-state index in [-0.39, 0.29) is 5.56 Å². The van der Waals surface area contributed by atoms with Crippen LogP contribution in [-0.4, -0.2) is 40.9 Å². The molecule has 1 spiro atoms. The molecule has 0 atom stereocenters. The van der Waals surface area contributed by atoms with Crippen molar-refractivity contribution in [1.29, 1.82) is 0 Å². The molecule has 0 aromatic carbocycles. The predicted octanol–water partition coefficient (Wildman–Crippen LogP) is 0.844. The molecule has 1 aromatic rings. The molecule has 0 radical (unpaired) electrons. The molecule has 2 fully saturated rings. The molecule has 2 aliphatic rings. The summed E-state index contributed by atoms with van der Waals surface area (Å²) in [5.41, 5.74) is -0.148. The van der Waals surface area contributed by atoms with Gasteiger partial charge in [-0.1, -0.05) is 0 Å². The number of rotatable bonds is 2. The summed E-state index contributed by atoms with van der Waals surface area (Å²) in [5, 5.41) is 6.72. The number of aryl methyl sites for hydroxylation is 1. The van der Waals surface area contributed by atoms with Gasteiger partial charge in [-0.2, -0.15) is 18.3 Å². The van der Waals surface area contributed by atoms with Gasteiger partial charge in [0, 0.05) is 56.9 Å². The Labute approximate surface area is 103 Å². The Bertz CT molecular complexity index is 453. The van der Waals surface area contributed by atoms with Crippen molar-refractivity contribution >= 4 is 0 Å². The quantitative estimate of drug-likeness (QED) is 0.855. The SMILES string of the molecule is Cn1cc(CN2CC3(CNC3)C2)c(C(F)(F)F)n1. The van der Waals surface area contributed by atoms with Gasteiger partial charge in [0.25, 0.3) is 0 Å². The first-order valence-electron chi connectivity index (χ1n) is 5.91. The minimum absolute atomic E-state index is 0.270. The lowest BCUT2D eigenvalue weighted by atomic mass is 9.74. The fourth-order valence-corrected chi connectivity index (χ4v) is 2.85. The minimum Gasteiger partial charge on any atom is -0.315 e. The van der Waals surface area contributed by atoms with Gasteiger partial charge in [-0.15, -0.1) is 0 Å². The van der Waals surface area contributed by atoms with E-state index in [2.05, 4.69) is 10.4 Å². The first-order chi connectivity index (χ1) is 8.38. The van der Waals surface area contributed by atoms with E-state index in [1.54, 1.807) is 0 Å². The van der Waals surface area contributed by atoms with Gasteiger partial charge in [-0.05, 0) is 0 Å². The van der Waals surface area contributed by atoms with Crippen LogP contribution in [0.1, 0.15) is 11.3 Å². The van der Waals surface area contributed by atoms with Crippen molar-refractivity contribution in [2.45, 2.75) is 12.7 Å². The van der Waals surface area contributed by atoms with Gasteiger partial charge in [0.15, 0.2) is 5.69 Å². The number of hydrogen-bond donors (Lipinski definition) is 1. The second kappa shape index (κ2) is 3.71. The second-order valence-electron chi connectivity index (χ2n) is 5.42. The Balaban J connectivity index is 1.69. The normalized spacial score (nSPS) is 22.9. The highest BCUT2D eigenvalue weighted by atomic mass is 19.4. The molecule has 0 saturated carbocycles. The molecule has 0 amide bonds. The van der Waals surface area contributed by atoms with Gasteiger partial charge in [-0.3, -0.25) is 9.58 Å². The Hall–Kier alpha value is -1.08. The van der Waals surface area contributed by atoms with Crippen LogP contribution in [0.25, 0.3) is 0 Å². The average molecular weight is 260 g/mol. The predicted molar refractivity (Wildman–Crippen MR) is 58.8 cm³/mol. The molecule has 1 N–H and O–H groups in total. The van der Waals surface area contributed by atoms with Crippen molar-refractivity contribution in [3.05, 3.63) is 17.5 Å². The van der Waals surface area contributed by atoms with Crippen molar-refractivity contribution in [3.63, 3.8) is 0 Å². The van der Waals surface area contributed by atoms with Crippen LogP contribution < -0.4 is 5.32 Å². The summed E-state index contributed by atoms with van der Waals surface area (Å²) in [6.45, 7) is 4.08. The fourth-order valence-electron chi connectivity index (χ4n) is 2.85. The zero-order valence-corrected chi connectivity index (χ0v) is 10.1. The van der Waals surface area contributed by atoms with Crippen molar-refractivity contribution < 1.29 is 13.2 Å². The van der Waals surface area contributed by atoms with Crippen LogP contribution in [0.4, 0.5) is 13.2 Å². The monoisotopic (exact) mass is 260 g/mol. The standard InChI is InChI=1S/C11H15F3N4/c1-17-2-8(9(16-17)11(12,13)14)3-18-6-10(7-18)4-15-5-10/h2,15H,3-7H2,1H3. The molecule has 100 valence electrons. The lowest BCUT2D eigenvalue weighted by molar-refractivity contribution is -0.142. The molecule has 0 unspecified atom stereocenters. The third-order valence-electron chi connectivity index (χ3n) is 3.69. The number of halogens is 3. The molecule has 7 heteroatoms. The third-order valence-corrected chi connectivity index (χ3v) is 3.69. The molecular formula is C11H15F3N4. The van der Waals surface area contributed by atoms with E-state index in [0.717, 1.165) is 26.2 Å². The van der Waals surface area contributed by atoms with Gasteiger partial charge in [0.2, 0.25) is 0 Å². The van der Waals surface area contributed by atoms with E-state index in [1.165, 1.54) is 17.9 Å². The van der Waals surface area contributed by atoms with Crippen molar-refractivity contribution in [2.24, 2.45) is 12.5 Å². The lowest BCUT2D eigenvalue weighted by Crippen LogP contribution is -2.70. The Kier molecular flexibility index (Phi) is 2.47. The molecule has 3 heterocycles. The molecule has 2 saturated heterocycles. The number of nitrogens with one attached hydrogen (secondary N) is 1. The molecule has 4 nitrogen and oxygen atoms in total. The number of nitrogens with zero attached hydrogens (tertiary/aromatic N) is 3. The van der Waals surface area contributed by atoms with Crippen LogP contribution in [-0.2, 0) is 19.8 Å².